The average Bonchev–Trinajstić information content (AvgIpc) is 2.49. The predicted octanol–water partition coefficient (Wildman–Crippen LogP) is 3.33. The highest BCUT2D eigenvalue weighted by molar-refractivity contribution is 6.34. The van der Waals surface area contributed by atoms with Crippen LogP contribution in [0.25, 0.3) is 10.8 Å². The first-order valence-corrected chi connectivity index (χ1v) is 6.67. The largest absolute Gasteiger partial charge is 0.381 e. The molecule has 0 unspecified atom stereocenters. The molecule has 0 radical (unpaired) electrons. The third kappa shape index (κ3) is 2.87. The van der Waals surface area contributed by atoms with Crippen LogP contribution in [0.15, 0.2) is 47.3 Å². The van der Waals surface area contributed by atoms with Crippen molar-refractivity contribution in [1.82, 2.24) is 10.2 Å². The minimum absolute atomic E-state index is 0.235. The van der Waals surface area contributed by atoms with Crippen LogP contribution in [-0.2, 0) is 6.54 Å². The van der Waals surface area contributed by atoms with Gasteiger partial charge in [-0.25, -0.2) is 9.49 Å². The van der Waals surface area contributed by atoms with Gasteiger partial charge in [0, 0.05) is 17.6 Å². The second-order valence-corrected chi connectivity index (χ2v) is 4.95. The van der Waals surface area contributed by atoms with Crippen molar-refractivity contribution in [1.29, 1.82) is 0 Å². The first-order chi connectivity index (χ1) is 10.1. The Morgan fingerprint density at radius 1 is 1.19 bits per heavy atom. The predicted molar refractivity (Wildman–Crippen MR) is 81.1 cm³/mol. The summed E-state index contributed by atoms with van der Waals surface area (Å²) < 4.78 is 13.1. The van der Waals surface area contributed by atoms with Crippen molar-refractivity contribution in [2.45, 2.75) is 6.54 Å². The van der Waals surface area contributed by atoms with Crippen molar-refractivity contribution in [2.75, 3.05) is 5.32 Å². The fourth-order valence-electron chi connectivity index (χ4n) is 2.09. The van der Waals surface area contributed by atoms with E-state index in [0.717, 1.165) is 11.3 Å². The van der Waals surface area contributed by atoms with Crippen LogP contribution in [0.1, 0.15) is 5.56 Å². The normalized spacial score (nSPS) is 10.8. The first-order valence-electron chi connectivity index (χ1n) is 6.30. The van der Waals surface area contributed by atoms with Crippen LogP contribution in [-0.4, -0.2) is 10.2 Å². The van der Waals surface area contributed by atoms with Gasteiger partial charge in [-0.05, 0) is 35.9 Å². The minimum Gasteiger partial charge on any atom is -0.381 e. The van der Waals surface area contributed by atoms with Gasteiger partial charge in [0.1, 0.15) is 5.82 Å². The summed E-state index contributed by atoms with van der Waals surface area (Å²) in [6.45, 7) is 0.470. The van der Waals surface area contributed by atoms with E-state index in [0.29, 0.717) is 17.3 Å². The van der Waals surface area contributed by atoms with Crippen molar-refractivity contribution < 1.29 is 4.39 Å². The molecule has 21 heavy (non-hydrogen) atoms. The Labute approximate surface area is 124 Å². The van der Waals surface area contributed by atoms with Crippen LogP contribution in [0.2, 0.25) is 5.15 Å². The molecule has 0 spiro atoms. The maximum absolute atomic E-state index is 13.1. The summed E-state index contributed by atoms with van der Waals surface area (Å²) in [7, 11) is 0. The van der Waals surface area contributed by atoms with Crippen LogP contribution in [0.5, 0.6) is 0 Å². The van der Waals surface area contributed by atoms with E-state index in [1.54, 1.807) is 24.3 Å². The second-order valence-electron chi connectivity index (χ2n) is 4.59. The number of nitrogens with one attached hydrogen (secondary N) is 2. The topological polar surface area (TPSA) is 57.8 Å². The Hall–Kier alpha value is -2.40. The van der Waals surface area contributed by atoms with Gasteiger partial charge in [-0.1, -0.05) is 23.7 Å². The summed E-state index contributed by atoms with van der Waals surface area (Å²) in [5.41, 5.74) is 1.32. The van der Waals surface area contributed by atoms with Crippen LogP contribution < -0.4 is 10.9 Å². The zero-order valence-electron chi connectivity index (χ0n) is 10.9. The fraction of sp³-hybridized carbons (Fsp3) is 0.0667. The number of hydrogen-bond donors (Lipinski definition) is 2. The lowest BCUT2D eigenvalue weighted by Crippen LogP contribution is -2.08. The Balaban J connectivity index is 1.88. The lowest BCUT2D eigenvalue weighted by molar-refractivity contribution is 0.626. The zero-order chi connectivity index (χ0) is 14.8. The maximum atomic E-state index is 13.1. The number of nitrogens with zero attached hydrogens (tertiary/aromatic N) is 1. The van der Waals surface area contributed by atoms with E-state index < -0.39 is 0 Å². The number of anilines is 1. The molecule has 106 valence electrons. The third-order valence-electron chi connectivity index (χ3n) is 3.13. The number of benzene rings is 2. The molecular formula is C15H11ClFN3O. The van der Waals surface area contributed by atoms with Crippen molar-refractivity contribution in [3.05, 3.63) is 69.4 Å². The van der Waals surface area contributed by atoms with E-state index in [2.05, 4.69) is 15.5 Å². The number of hydrogen-bond acceptors (Lipinski definition) is 3. The third-order valence-corrected chi connectivity index (χ3v) is 3.42. The quantitative estimate of drug-likeness (QED) is 0.780. The molecule has 2 N–H and O–H groups in total. The molecule has 1 heterocycles. The Kier molecular flexibility index (Phi) is 3.58. The number of rotatable bonds is 3. The summed E-state index contributed by atoms with van der Waals surface area (Å²) in [6, 6.07) is 11.6. The number of aromatic amines is 1. The van der Waals surface area contributed by atoms with Crippen molar-refractivity contribution in [3.8, 4) is 0 Å². The van der Waals surface area contributed by atoms with Gasteiger partial charge in [0.15, 0.2) is 5.15 Å². The van der Waals surface area contributed by atoms with Crippen molar-refractivity contribution in [2.24, 2.45) is 0 Å². The molecule has 4 nitrogen and oxygen atoms in total. The van der Waals surface area contributed by atoms with Gasteiger partial charge in [-0.3, -0.25) is 4.79 Å². The molecule has 0 fully saturated rings. The molecule has 0 bridgehead atoms. The summed E-state index contributed by atoms with van der Waals surface area (Å²) in [4.78, 5) is 11.6. The monoisotopic (exact) mass is 303 g/mol. The molecule has 6 heteroatoms. The van der Waals surface area contributed by atoms with Gasteiger partial charge >= 0.3 is 0 Å². The van der Waals surface area contributed by atoms with Gasteiger partial charge in [0.05, 0.1) is 5.39 Å². The van der Waals surface area contributed by atoms with Crippen molar-refractivity contribution >= 4 is 28.1 Å². The van der Waals surface area contributed by atoms with Gasteiger partial charge in [-0.2, -0.15) is 5.10 Å². The summed E-state index contributed by atoms with van der Waals surface area (Å²) in [5, 5.41) is 10.5. The minimum atomic E-state index is -0.286. The molecule has 0 aliphatic rings. The second kappa shape index (κ2) is 5.54. The van der Waals surface area contributed by atoms with E-state index in [9.17, 15) is 9.18 Å². The molecular weight excluding hydrogens is 293 g/mol. The average molecular weight is 304 g/mol. The van der Waals surface area contributed by atoms with Crippen molar-refractivity contribution in [3.63, 3.8) is 0 Å². The van der Waals surface area contributed by atoms with Gasteiger partial charge in [0.2, 0.25) is 0 Å². The van der Waals surface area contributed by atoms with E-state index in [4.69, 9.17) is 11.6 Å². The van der Waals surface area contributed by atoms with E-state index in [1.807, 2.05) is 6.07 Å². The Morgan fingerprint density at radius 3 is 2.86 bits per heavy atom. The summed E-state index contributed by atoms with van der Waals surface area (Å²) in [6.07, 6.45) is 0. The molecule has 0 amide bonds. The molecule has 0 saturated heterocycles. The van der Waals surface area contributed by atoms with Crippen LogP contribution >= 0.6 is 11.6 Å². The SMILES string of the molecule is O=c1[nH]nc(Cl)c2cc(NCc3cccc(F)c3)ccc12. The first kappa shape index (κ1) is 13.6. The summed E-state index contributed by atoms with van der Waals surface area (Å²) in [5.74, 6) is -0.272. The molecule has 0 aliphatic heterocycles. The van der Waals surface area contributed by atoms with E-state index in [1.165, 1.54) is 12.1 Å². The summed E-state index contributed by atoms with van der Waals surface area (Å²) >= 11 is 5.98. The molecule has 3 aromatic rings. The molecule has 0 saturated carbocycles. The highest BCUT2D eigenvalue weighted by Gasteiger charge is 2.05. The Bertz CT molecular complexity index is 863. The van der Waals surface area contributed by atoms with Gasteiger partial charge in [-0.15, -0.1) is 0 Å². The van der Waals surface area contributed by atoms with Crippen LogP contribution in [0, 0.1) is 5.82 Å². The molecule has 1 aromatic heterocycles. The lowest BCUT2D eigenvalue weighted by Gasteiger charge is -2.08. The molecule has 0 aliphatic carbocycles. The number of H-pyrrole nitrogens is 1. The molecule has 0 atom stereocenters. The smallest absolute Gasteiger partial charge is 0.272 e. The van der Waals surface area contributed by atoms with Gasteiger partial charge < -0.3 is 5.32 Å². The molecule has 3 rings (SSSR count). The maximum Gasteiger partial charge on any atom is 0.272 e. The fourth-order valence-corrected chi connectivity index (χ4v) is 2.29. The number of aromatic nitrogens is 2. The highest BCUT2D eigenvalue weighted by Crippen LogP contribution is 2.22. The van der Waals surface area contributed by atoms with Crippen LogP contribution in [0.3, 0.4) is 0 Å². The van der Waals surface area contributed by atoms with E-state index >= 15 is 0 Å². The zero-order valence-corrected chi connectivity index (χ0v) is 11.6. The van der Waals surface area contributed by atoms with Gasteiger partial charge in [0.25, 0.3) is 5.56 Å². The lowest BCUT2D eigenvalue weighted by atomic mass is 10.1. The molecule has 2 aromatic carbocycles. The van der Waals surface area contributed by atoms with Crippen LogP contribution in [0.4, 0.5) is 10.1 Å². The standard InChI is InChI=1S/C15H11ClFN3O/c16-14-13-7-11(4-5-12(13)15(21)20-19-14)18-8-9-2-1-3-10(17)6-9/h1-7,18H,8H2,(H,20,21). The van der Waals surface area contributed by atoms with E-state index in [-0.39, 0.29) is 16.5 Å². The highest BCUT2D eigenvalue weighted by atomic mass is 35.5. The number of halogens is 2. The number of fused-ring (bicyclic) bond motifs is 1. The Morgan fingerprint density at radius 2 is 2.05 bits per heavy atom.